The number of nitrogens with one attached hydrogen (secondary N) is 1. The Labute approximate surface area is 125 Å². The van der Waals surface area contributed by atoms with Crippen LogP contribution < -0.4 is 5.32 Å². The lowest BCUT2D eigenvalue weighted by Crippen LogP contribution is -2.29. The van der Waals surface area contributed by atoms with E-state index in [0.717, 1.165) is 36.0 Å². The van der Waals surface area contributed by atoms with Gasteiger partial charge in [-0.15, -0.1) is 0 Å². The lowest BCUT2D eigenvalue weighted by molar-refractivity contribution is 0.453. The number of aryl methyl sites for hydroxylation is 1. The predicted octanol–water partition coefficient (Wildman–Crippen LogP) is 2.70. The SMILES string of the molecule is Cc1nc(-c2ccnn2C(C)C)cc([C@@H]2CCCNC2)n1. The monoisotopic (exact) mass is 285 g/mol. The van der Waals surface area contributed by atoms with Crippen LogP contribution >= 0.6 is 0 Å². The van der Waals surface area contributed by atoms with E-state index in [0.29, 0.717) is 12.0 Å². The Hall–Kier alpha value is -1.75. The van der Waals surface area contributed by atoms with Crippen LogP contribution in [0.1, 0.15) is 50.2 Å². The minimum Gasteiger partial charge on any atom is -0.316 e. The highest BCUT2D eigenvalue weighted by atomic mass is 15.3. The molecule has 0 aromatic carbocycles. The van der Waals surface area contributed by atoms with Crippen LogP contribution in [0, 0.1) is 6.92 Å². The quantitative estimate of drug-likeness (QED) is 0.942. The Kier molecular flexibility index (Phi) is 4.01. The van der Waals surface area contributed by atoms with Gasteiger partial charge in [-0.25, -0.2) is 9.97 Å². The van der Waals surface area contributed by atoms with Gasteiger partial charge in [0.25, 0.3) is 0 Å². The third-order valence-electron chi connectivity index (χ3n) is 3.99. The zero-order chi connectivity index (χ0) is 14.8. The standard InChI is InChI=1S/C16H23N5/c1-11(2)21-16(6-8-18-21)15-9-14(19-12(3)20-15)13-5-4-7-17-10-13/h6,8-9,11,13,17H,4-5,7,10H2,1-3H3/t13-/m1/s1. The number of piperidine rings is 1. The van der Waals surface area contributed by atoms with Gasteiger partial charge in [-0.05, 0) is 52.3 Å². The van der Waals surface area contributed by atoms with Crippen LogP contribution in [0.25, 0.3) is 11.4 Å². The maximum absolute atomic E-state index is 4.66. The first kappa shape index (κ1) is 14.2. The first-order valence-corrected chi connectivity index (χ1v) is 7.75. The molecule has 3 rings (SSSR count). The second kappa shape index (κ2) is 5.93. The molecular weight excluding hydrogens is 262 g/mol. The van der Waals surface area contributed by atoms with Crippen LogP contribution in [0.15, 0.2) is 18.3 Å². The highest BCUT2D eigenvalue weighted by Crippen LogP contribution is 2.26. The van der Waals surface area contributed by atoms with Crippen LogP contribution in [-0.4, -0.2) is 32.8 Å². The van der Waals surface area contributed by atoms with Crippen molar-refractivity contribution >= 4 is 0 Å². The molecule has 2 aromatic heterocycles. The van der Waals surface area contributed by atoms with E-state index in [2.05, 4.69) is 40.3 Å². The average molecular weight is 285 g/mol. The van der Waals surface area contributed by atoms with Gasteiger partial charge in [0.1, 0.15) is 5.82 Å². The molecule has 3 heterocycles. The maximum Gasteiger partial charge on any atom is 0.126 e. The molecule has 1 N–H and O–H groups in total. The van der Waals surface area contributed by atoms with Crippen LogP contribution in [0.5, 0.6) is 0 Å². The van der Waals surface area contributed by atoms with Crippen molar-refractivity contribution in [1.82, 2.24) is 25.1 Å². The molecule has 0 bridgehead atoms. The van der Waals surface area contributed by atoms with E-state index in [9.17, 15) is 0 Å². The Morgan fingerprint density at radius 3 is 2.90 bits per heavy atom. The zero-order valence-electron chi connectivity index (χ0n) is 13.0. The normalized spacial score (nSPS) is 19.1. The summed E-state index contributed by atoms with van der Waals surface area (Å²) in [6.07, 6.45) is 4.26. The summed E-state index contributed by atoms with van der Waals surface area (Å²) in [6, 6.07) is 4.50. The Balaban J connectivity index is 1.99. The second-order valence-corrected chi connectivity index (χ2v) is 6.02. The minimum absolute atomic E-state index is 0.324. The number of nitrogens with zero attached hydrogens (tertiary/aromatic N) is 4. The maximum atomic E-state index is 4.66. The minimum atomic E-state index is 0.324. The summed E-state index contributed by atoms with van der Waals surface area (Å²) in [4.78, 5) is 9.28. The van der Waals surface area contributed by atoms with Crippen LogP contribution in [0.2, 0.25) is 0 Å². The Morgan fingerprint density at radius 2 is 2.19 bits per heavy atom. The van der Waals surface area contributed by atoms with Crippen molar-refractivity contribution in [3.05, 3.63) is 29.8 Å². The van der Waals surface area contributed by atoms with Crippen LogP contribution in [0.3, 0.4) is 0 Å². The van der Waals surface area contributed by atoms with Gasteiger partial charge >= 0.3 is 0 Å². The fourth-order valence-corrected chi connectivity index (χ4v) is 2.96. The van der Waals surface area contributed by atoms with Gasteiger partial charge in [-0.1, -0.05) is 0 Å². The van der Waals surface area contributed by atoms with E-state index >= 15 is 0 Å². The lowest BCUT2D eigenvalue weighted by Gasteiger charge is -2.23. The summed E-state index contributed by atoms with van der Waals surface area (Å²) >= 11 is 0. The van der Waals surface area contributed by atoms with Gasteiger partial charge in [0.15, 0.2) is 0 Å². The van der Waals surface area contributed by atoms with Crippen molar-refractivity contribution in [3.63, 3.8) is 0 Å². The van der Waals surface area contributed by atoms with Crippen molar-refractivity contribution in [3.8, 4) is 11.4 Å². The lowest BCUT2D eigenvalue weighted by atomic mass is 9.95. The number of aromatic nitrogens is 4. The van der Waals surface area contributed by atoms with Gasteiger partial charge in [0.2, 0.25) is 0 Å². The summed E-state index contributed by atoms with van der Waals surface area (Å²) < 4.78 is 2.02. The first-order valence-electron chi connectivity index (χ1n) is 7.75. The van der Waals surface area contributed by atoms with E-state index in [1.807, 2.05) is 23.9 Å². The fourth-order valence-electron chi connectivity index (χ4n) is 2.96. The summed E-state index contributed by atoms with van der Waals surface area (Å²) in [5.41, 5.74) is 3.20. The topological polar surface area (TPSA) is 55.6 Å². The van der Waals surface area contributed by atoms with Gasteiger partial charge in [-0.2, -0.15) is 5.10 Å². The molecule has 0 aliphatic carbocycles. The third-order valence-corrected chi connectivity index (χ3v) is 3.99. The van der Waals surface area contributed by atoms with E-state index in [-0.39, 0.29) is 0 Å². The summed E-state index contributed by atoms with van der Waals surface area (Å²) in [7, 11) is 0. The molecule has 0 radical (unpaired) electrons. The van der Waals surface area contributed by atoms with E-state index < -0.39 is 0 Å². The summed E-state index contributed by atoms with van der Waals surface area (Å²) in [5, 5.41) is 7.87. The molecule has 1 atom stereocenters. The number of hydrogen-bond acceptors (Lipinski definition) is 4. The first-order chi connectivity index (χ1) is 10.1. The largest absolute Gasteiger partial charge is 0.316 e. The Bertz CT molecular complexity index is 611. The highest BCUT2D eigenvalue weighted by molar-refractivity contribution is 5.55. The smallest absolute Gasteiger partial charge is 0.126 e. The van der Waals surface area contributed by atoms with E-state index in [1.54, 1.807) is 0 Å². The van der Waals surface area contributed by atoms with Crippen molar-refractivity contribution in [2.24, 2.45) is 0 Å². The number of rotatable bonds is 3. The molecule has 5 heteroatoms. The average Bonchev–Trinajstić information content (AvgIpc) is 2.97. The molecule has 21 heavy (non-hydrogen) atoms. The third kappa shape index (κ3) is 2.97. The van der Waals surface area contributed by atoms with Crippen molar-refractivity contribution in [2.75, 3.05) is 13.1 Å². The molecular formula is C16H23N5. The van der Waals surface area contributed by atoms with Crippen molar-refractivity contribution in [1.29, 1.82) is 0 Å². The molecule has 1 saturated heterocycles. The van der Waals surface area contributed by atoms with Crippen LogP contribution in [-0.2, 0) is 0 Å². The molecule has 1 aliphatic heterocycles. The summed E-state index contributed by atoms with van der Waals surface area (Å²) in [5.74, 6) is 1.33. The molecule has 0 amide bonds. The fraction of sp³-hybridized carbons (Fsp3) is 0.562. The molecule has 5 nitrogen and oxygen atoms in total. The molecule has 0 spiro atoms. The van der Waals surface area contributed by atoms with Crippen molar-refractivity contribution < 1.29 is 0 Å². The molecule has 2 aromatic rings. The van der Waals surface area contributed by atoms with Crippen LogP contribution in [0.4, 0.5) is 0 Å². The molecule has 112 valence electrons. The van der Waals surface area contributed by atoms with E-state index in [4.69, 9.17) is 0 Å². The molecule has 1 fully saturated rings. The predicted molar refractivity (Wildman–Crippen MR) is 83.2 cm³/mol. The molecule has 0 unspecified atom stereocenters. The van der Waals surface area contributed by atoms with Gasteiger partial charge in [-0.3, -0.25) is 4.68 Å². The highest BCUT2D eigenvalue weighted by Gasteiger charge is 2.19. The summed E-state index contributed by atoms with van der Waals surface area (Å²) in [6.45, 7) is 8.37. The van der Waals surface area contributed by atoms with Gasteiger partial charge in [0.05, 0.1) is 11.4 Å². The second-order valence-electron chi connectivity index (χ2n) is 6.02. The molecule has 1 aliphatic rings. The van der Waals surface area contributed by atoms with Crippen molar-refractivity contribution in [2.45, 2.75) is 45.6 Å². The van der Waals surface area contributed by atoms with Gasteiger partial charge < -0.3 is 5.32 Å². The number of hydrogen-bond donors (Lipinski definition) is 1. The Morgan fingerprint density at radius 1 is 1.33 bits per heavy atom. The van der Waals surface area contributed by atoms with Gasteiger partial charge in [0, 0.05) is 30.4 Å². The zero-order valence-corrected chi connectivity index (χ0v) is 13.0. The molecule has 0 saturated carbocycles. The van der Waals surface area contributed by atoms with E-state index in [1.165, 1.54) is 12.8 Å².